The number of rotatable bonds is 12. The van der Waals surface area contributed by atoms with Crippen LogP contribution in [-0.4, -0.2) is 41.5 Å². The highest BCUT2D eigenvalue weighted by Gasteiger charge is 2.46. The lowest BCUT2D eigenvalue weighted by Gasteiger charge is -2.25. The normalized spacial score (nSPS) is 16.4. The second kappa shape index (κ2) is 13.2. The van der Waals surface area contributed by atoms with Crippen LogP contribution in [0.3, 0.4) is 0 Å². The number of hydrogen-bond donors (Lipinski definition) is 1. The van der Waals surface area contributed by atoms with Crippen LogP contribution in [0.4, 0.5) is 0 Å². The number of benzene rings is 3. The maximum absolute atomic E-state index is 13.4. The van der Waals surface area contributed by atoms with Gasteiger partial charge in [-0.15, -0.1) is 0 Å². The van der Waals surface area contributed by atoms with Gasteiger partial charge in [0.25, 0.3) is 11.7 Å². The summed E-state index contributed by atoms with van der Waals surface area (Å²) in [5.41, 5.74) is 2.01. The van der Waals surface area contributed by atoms with Gasteiger partial charge in [0.05, 0.1) is 31.4 Å². The van der Waals surface area contributed by atoms with E-state index in [-0.39, 0.29) is 24.0 Å². The number of unbranched alkanes of at least 4 members (excludes halogenated alkanes) is 2. The molecule has 0 spiro atoms. The van der Waals surface area contributed by atoms with E-state index in [1.165, 1.54) is 4.90 Å². The summed E-state index contributed by atoms with van der Waals surface area (Å²) in [5.74, 6) is 0.449. The zero-order valence-corrected chi connectivity index (χ0v) is 23.6. The van der Waals surface area contributed by atoms with Crippen molar-refractivity contribution in [1.29, 1.82) is 0 Å². The predicted molar refractivity (Wildman–Crippen MR) is 155 cm³/mol. The Labute approximate surface area is 236 Å². The molecule has 1 heterocycles. The van der Waals surface area contributed by atoms with Crippen molar-refractivity contribution in [3.8, 4) is 17.2 Å². The Morgan fingerprint density at radius 3 is 2.10 bits per heavy atom. The van der Waals surface area contributed by atoms with Gasteiger partial charge in [0.15, 0.2) is 0 Å². The first-order valence-corrected chi connectivity index (χ1v) is 13.7. The zero-order chi connectivity index (χ0) is 28.6. The number of aliphatic hydroxyl groups excluding tert-OH is 1. The van der Waals surface area contributed by atoms with Gasteiger partial charge in [0.2, 0.25) is 0 Å². The summed E-state index contributed by atoms with van der Waals surface area (Å²) in [6, 6.07) is 20.8. The first-order valence-electron chi connectivity index (χ1n) is 13.7. The second-order valence-electron chi connectivity index (χ2n) is 10.1. The Morgan fingerprint density at radius 1 is 0.875 bits per heavy atom. The van der Waals surface area contributed by atoms with E-state index in [1.54, 1.807) is 43.5 Å². The molecule has 0 bridgehead atoms. The van der Waals surface area contributed by atoms with Crippen molar-refractivity contribution in [2.75, 3.05) is 13.7 Å². The van der Waals surface area contributed by atoms with E-state index in [1.807, 2.05) is 50.2 Å². The van der Waals surface area contributed by atoms with Gasteiger partial charge < -0.3 is 24.2 Å². The molecular formula is C33H37NO6. The molecule has 40 heavy (non-hydrogen) atoms. The number of amides is 1. The molecule has 0 aliphatic carbocycles. The smallest absolute Gasteiger partial charge is 0.295 e. The second-order valence-corrected chi connectivity index (χ2v) is 10.1. The molecule has 7 heteroatoms. The average Bonchev–Trinajstić information content (AvgIpc) is 3.21. The first kappa shape index (κ1) is 28.7. The number of hydrogen-bond acceptors (Lipinski definition) is 6. The highest BCUT2D eigenvalue weighted by atomic mass is 16.5. The first-order chi connectivity index (χ1) is 19.3. The lowest BCUT2D eigenvalue weighted by atomic mass is 9.95. The van der Waals surface area contributed by atoms with E-state index in [9.17, 15) is 14.7 Å². The molecule has 1 aliphatic rings. The van der Waals surface area contributed by atoms with Crippen LogP contribution in [0.2, 0.25) is 0 Å². The van der Waals surface area contributed by atoms with E-state index in [0.717, 1.165) is 30.6 Å². The lowest BCUT2D eigenvalue weighted by molar-refractivity contribution is -0.140. The molecule has 1 amide bonds. The molecule has 0 saturated carbocycles. The van der Waals surface area contributed by atoms with Crippen molar-refractivity contribution in [3.05, 3.63) is 95.1 Å². The number of likely N-dealkylation sites (tertiary alicyclic amines) is 1. The van der Waals surface area contributed by atoms with Gasteiger partial charge in [-0.2, -0.15) is 0 Å². The number of nitrogens with zero attached hydrogens (tertiary/aromatic N) is 1. The summed E-state index contributed by atoms with van der Waals surface area (Å²) in [5, 5.41) is 11.4. The van der Waals surface area contributed by atoms with Gasteiger partial charge in [0.1, 0.15) is 23.0 Å². The number of methoxy groups -OCH3 is 1. The standard InChI is InChI=1S/C33H37NO6/c1-5-6-7-20-39-27-18-12-25(13-19-27)31(35)29-30(24-10-16-26(38-4)17-11-24)34(33(37)32(29)36)21-23-8-14-28(15-9-23)40-22(2)3/h8-19,22,30,35H,5-7,20-21H2,1-4H3/b31-29-. The molecule has 3 aromatic carbocycles. The predicted octanol–water partition coefficient (Wildman–Crippen LogP) is 6.67. The molecule has 1 atom stereocenters. The highest BCUT2D eigenvalue weighted by Crippen LogP contribution is 2.41. The monoisotopic (exact) mass is 543 g/mol. The Morgan fingerprint density at radius 2 is 1.50 bits per heavy atom. The quantitative estimate of drug-likeness (QED) is 0.119. The summed E-state index contributed by atoms with van der Waals surface area (Å²) in [7, 11) is 1.57. The minimum absolute atomic E-state index is 0.0421. The molecule has 0 aromatic heterocycles. The number of Topliss-reactive ketones (excluding diaryl/α,β-unsaturated/α-hetero) is 1. The van der Waals surface area contributed by atoms with Crippen molar-refractivity contribution in [3.63, 3.8) is 0 Å². The van der Waals surface area contributed by atoms with Crippen molar-refractivity contribution >= 4 is 17.4 Å². The van der Waals surface area contributed by atoms with E-state index in [0.29, 0.717) is 29.2 Å². The van der Waals surface area contributed by atoms with Crippen LogP contribution in [0.5, 0.6) is 17.2 Å². The Hall–Kier alpha value is -4.26. The fourth-order valence-corrected chi connectivity index (χ4v) is 4.72. The third kappa shape index (κ3) is 6.65. The Bertz CT molecular complexity index is 1330. The highest BCUT2D eigenvalue weighted by molar-refractivity contribution is 6.46. The summed E-state index contributed by atoms with van der Waals surface area (Å²) in [6.07, 6.45) is 3.22. The molecular weight excluding hydrogens is 506 g/mol. The van der Waals surface area contributed by atoms with Crippen LogP contribution in [0.25, 0.3) is 5.76 Å². The zero-order valence-electron chi connectivity index (χ0n) is 23.6. The third-order valence-corrected chi connectivity index (χ3v) is 6.76. The van der Waals surface area contributed by atoms with Crippen molar-refractivity contribution in [2.24, 2.45) is 0 Å². The number of ether oxygens (including phenoxy) is 3. The van der Waals surface area contributed by atoms with Crippen LogP contribution in [0, 0.1) is 0 Å². The topological polar surface area (TPSA) is 85.3 Å². The average molecular weight is 544 g/mol. The van der Waals surface area contributed by atoms with E-state index in [2.05, 4.69) is 6.92 Å². The van der Waals surface area contributed by atoms with Crippen LogP contribution >= 0.6 is 0 Å². The van der Waals surface area contributed by atoms with Crippen molar-refractivity contribution in [1.82, 2.24) is 4.90 Å². The maximum atomic E-state index is 13.4. The summed E-state index contributed by atoms with van der Waals surface area (Å²) in [6.45, 7) is 6.85. The summed E-state index contributed by atoms with van der Waals surface area (Å²) in [4.78, 5) is 28.3. The minimum Gasteiger partial charge on any atom is -0.507 e. The minimum atomic E-state index is -0.775. The van der Waals surface area contributed by atoms with Gasteiger partial charge in [-0.05, 0) is 79.9 Å². The number of carbonyl (C=O) groups is 2. The molecule has 1 unspecified atom stereocenters. The fourth-order valence-electron chi connectivity index (χ4n) is 4.72. The summed E-state index contributed by atoms with van der Waals surface area (Å²) >= 11 is 0. The van der Waals surface area contributed by atoms with Crippen molar-refractivity contribution in [2.45, 2.75) is 58.7 Å². The van der Waals surface area contributed by atoms with E-state index in [4.69, 9.17) is 14.2 Å². The van der Waals surface area contributed by atoms with Gasteiger partial charge >= 0.3 is 0 Å². The molecule has 210 valence electrons. The molecule has 1 N–H and O–H groups in total. The fraction of sp³-hybridized carbons (Fsp3) is 0.333. The maximum Gasteiger partial charge on any atom is 0.295 e. The Balaban J connectivity index is 1.67. The number of carbonyl (C=O) groups excluding carboxylic acids is 2. The molecule has 0 radical (unpaired) electrons. The van der Waals surface area contributed by atoms with E-state index >= 15 is 0 Å². The molecule has 1 fully saturated rings. The van der Waals surface area contributed by atoms with Crippen LogP contribution in [-0.2, 0) is 16.1 Å². The molecule has 4 rings (SSSR count). The molecule has 1 aliphatic heterocycles. The third-order valence-electron chi connectivity index (χ3n) is 6.76. The van der Waals surface area contributed by atoms with Crippen LogP contribution in [0.15, 0.2) is 78.4 Å². The Kier molecular flexibility index (Phi) is 9.48. The molecule has 3 aromatic rings. The van der Waals surface area contributed by atoms with Gasteiger partial charge in [-0.3, -0.25) is 9.59 Å². The van der Waals surface area contributed by atoms with E-state index < -0.39 is 17.7 Å². The number of aliphatic hydroxyl groups is 1. The van der Waals surface area contributed by atoms with Crippen molar-refractivity contribution < 1.29 is 28.9 Å². The van der Waals surface area contributed by atoms with Crippen LogP contribution < -0.4 is 14.2 Å². The summed E-state index contributed by atoms with van der Waals surface area (Å²) < 4.78 is 16.8. The SMILES string of the molecule is CCCCCOc1ccc(/C(O)=C2/C(=O)C(=O)N(Cc3ccc(OC(C)C)cc3)C2c2ccc(OC)cc2)cc1. The molecule has 7 nitrogen and oxygen atoms in total. The lowest BCUT2D eigenvalue weighted by Crippen LogP contribution is -2.29. The largest absolute Gasteiger partial charge is 0.507 e. The van der Waals surface area contributed by atoms with Gasteiger partial charge in [-0.25, -0.2) is 0 Å². The van der Waals surface area contributed by atoms with Gasteiger partial charge in [0, 0.05) is 12.1 Å². The van der Waals surface area contributed by atoms with Crippen LogP contribution in [0.1, 0.15) is 62.8 Å². The number of ketones is 1. The van der Waals surface area contributed by atoms with Gasteiger partial charge in [-0.1, -0.05) is 44.0 Å². The molecule has 1 saturated heterocycles.